The molecule has 1 aliphatic rings. The molecule has 7 heteroatoms. The van der Waals surface area contributed by atoms with E-state index in [0.29, 0.717) is 12.3 Å². The maximum atomic E-state index is 13.2. The number of nitrogens with one attached hydrogen (secondary N) is 1. The van der Waals surface area contributed by atoms with Gasteiger partial charge in [-0.05, 0) is 55.2 Å². The molecule has 33 heavy (non-hydrogen) atoms. The highest BCUT2D eigenvalue weighted by Crippen LogP contribution is 2.21. The fraction of sp³-hybridized carbons (Fsp3) is 0.462. The van der Waals surface area contributed by atoms with E-state index in [9.17, 15) is 9.59 Å². The summed E-state index contributed by atoms with van der Waals surface area (Å²) >= 11 is 1.55. The van der Waals surface area contributed by atoms with Crippen LogP contribution in [0.2, 0.25) is 0 Å². The van der Waals surface area contributed by atoms with E-state index in [-0.39, 0.29) is 17.9 Å². The number of carbonyl (C=O) groups is 2. The predicted octanol–water partition coefficient (Wildman–Crippen LogP) is 4.41. The molecule has 0 aromatic heterocycles. The van der Waals surface area contributed by atoms with Crippen molar-refractivity contribution in [2.45, 2.75) is 57.0 Å². The van der Waals surface area contributed by atoms with Gasteiger partial charge in [0.15, 0.2) is 0 Å². The first-order chi connectivity index (χ1) is 16.0. The molecule has 0 saturated heterocycles. The molecular weight excluding hydrogens is 436 g/mol. The van der Waals surface area contributed by atoms with Crippen LogP contribution in [-0.2, 0) is 21.9 Å². The zero-order valence-electron chi connectivity index (χ0n) is 19.7. The van der Waals surface area contributed by atoms with E-state index < -0.39 is 6.04 Å². The Morgan fingerprint density at radius 1 is 0.970 bits per heavy atom. The van der Waals surface area contributed by atoms with E-state index in [1.165, 1.54) is 0 Å². The standard InChI is InChI=1S/C26H34N2O4S/c1-19(26(30)27-22-6-4-5-7-22)28(16-20-8-12-23(31-2)13-9-20)25(29)18-33-17-21-10-14-24(32-3)15-11-21/h8-15,19,22H,4-7,16-18H2,1-3H3,(H,27,30)/t19-/m0/s1. The topological polar surface area (TPSA) is 67.9 Å². The van der Waals surface area contributed by atoms with Crippen molar-refractivity contribution in [3.8, 4) is 11.5 Å². The Labute approximate surface area is 201 Å². The van der Waals surface area contributed by atoms with Gasteiger partial charge in [0.2, 0.25) is 11.8 Å². The minimum absolute atomic E-state index is 0.0431. The summed E-state index contributed by atoms with van der Waals surface area (Å²) < 4.78 is 10.4. The molecule has 0 aliphatic heterocycles. The quantitative estimate of drug-likeness (QED) is 0.527. The van der Waals surface area contributed by atoms with E-state index in [0.717, 1.165) is 54.1 Å². The predicted molar refractivity (Wildman–Crippen MR) is 133 cm³/mol. The van der Waals surface area contributed by atoms with Crippen molar-refractivity contribution in [2.75, 3.05) is 20.0 Å². The lowest BCUT2D eigenvalue weighted by atomic mass is 10.1. The van der Waals surface area contributed by atoms with Crippen LogP contribution in [0.1, 0.15) is 43.7 Å². The number of thioether (sulfide) groups is 1. The number of carbonyl (C=O) groups excluding carboxylic acids is 2. The third-order valence-corrected chi connectivity index (χ3v) is 7.02. The number of methoxy groups -OCH3 is 2. The normalized spacial score (nSPS) is 14.5. The highest BCUT2D eigenvalue weighted by molar-refractivity contribution is 7.99. The smallest absolute Gasteiger partial charge is 0.242 e. The lowest BCUT2D eigenvalue weighted by molar-refractivity contribution is -0.138. The Hall–Kier alpha value is -2.67. The zero-order chi connectivity index (χ0) is 23.6. The summed E-state index contributed by atoms with van der Waals surface area (Å²) in [6, 6.07) is 15.2. The number of hydrogen-bond acceptors (Lipinski definition) is 5. The highest BCUT2D eigenvalue weighted by Gasteiger charge is 2.28. The second kappa shape index (κ2) is 12.5. The second-order valence-corrected chi connectivity index (χ2v) is 9.36. The van der Waals surface area contributed by atoms with Crippen molar-refractivity contribution < 1.29 is 19.1 Å². The van der Waals surface area contributed by atoms with E-state index in [1.54, 1.807) is 30.9 Å². The van der Waals surface area contributed by atoms with Gasteiger partial charge in [0.25, 0.3) is 0 Å². The number of amides is 2. The average Bonchev–Trinajstić information content (AvgIpc) is 3.35. The molecule has 2 amide bonds. The first kappa shape index (κ1) is 25.0. The Morgan fingerprint density at radius 2 is 1.52 bits per heavy atom. The van der Waals surface area contributed by atoms with Crippen LogP contribution in [0, 0.1) is 0 Å². The summed E-state index contributed by atoms with van der Waals surface area (Å²) in [6.07, 6.45) is 4.33. The van der Waals surface area contributed by atoms with Crippen LogP contribution >= 0.6 is 11.8 Å². The first-order valence-electron chi connectivity index (χ1n) is 11.4. The summed E-state index contributed by atoms with van der Waals surface area (Å²) in [5, 5.41) is 3.14. The molecule has 2 aromatic rings. The summed E-state index contributed by atoms with van der Waals surface area (Å²) in [5.74, 6) is 2.48. The summed E-state index contributed by atoms with van der Waals surface area (Å²) in [6.45, 7) is 2.20. The van der Waals surface area contributed by atoms with E-state index in [1.807, 2.05) is 55.5 Å². The minimum Gasteiger partial charge on any atom is -0.497 e. The molecule has 0 radical (unpaired) electrons. The Balaban J connectivity index is 1.64. The zero-order valence-corrected chi connectivity index (χ0v) is 20.5. The molecule has 3 rings (SSSR count). The highest BCUT2D eigenvalue weighted by atomic mass is 32.2. The monoisotopic (exact) mass is 470 g/mol. The van der Waals surface area contributed by atoms with Crippen LogP contribution in [0.25, 0.3) is 0 Å². The van der Waals surface area contributed by atoms with Crippen LogP contribution in [0.4, 0.5) is 0 Å². The molecule has 6 nitrogen and oxygen atoms in total. The Morgan fingerprint density at radius 3 is 2.06 bits per heavy atom. The van der Waals surface area contributed by atoms with Crippen molar-refractivity contribution in [2.24, 2.45) is 0 Å². The molecule has 0 unspecified atom stereocenters. The van der Waals surface area contributed by atoms with Crippen molar-refractivity contribution in [1.29, 1.82) is 0 Å². The molecule has 0 bridgehead atoms. The van der Waals surface area contributed by atoms with Crippen molar-refractivity contribution in [3.05, 3.63) is 59.7 Å². The van der Waals surface area contributed by atoms with Gasteiger partial charge < -0.3 is 19.7 Å². The SMILES string of the molecule is COc1ccc(CSCC(=O)N(Cc2ccc(OC)cc2)[C@@H](C)C(=O)NC2CCCC2)cc1. The van der Waals surface area contributed by atoms with Crippen LogP contribution in [-0.4, -0.2) is 48.8 Å². The van der Waals surface area contributed by atoms with Gasteiger partial charge in [-0.1, -0.05) is 37.1 Å². The number of hydrogen-bond donors (Lipinski definition) is 1. The largest absolute Gasteiger partial charge is 0.497 e. The fourth-order valence-electron chi connectivity index (χ4n) is 3.96. The van der Waals surface area contributed by atoms with Crippen LogP contribution < -0.4 is 14.8 Å². The van der Waals surface area contributed by atoms with Gasteiger partial charge in [-0.3, -0.25) is 9.59 Å². The lowest BCUT2D eigenvalue weighted by Crippen LogP contribution is -2.50. The molecule has 178 valence electrons. The lowest BCUT2D eigenvalue weighted by Gasteiger charge is -2.29. The van der Waals surface area contributed by atoms with E-state index in [4.69, 9.17) is 9.47 Å². The third kappa shape index (κ3) is 7.42. The fourth-order valence-corrected chi connectivity index (χ4v) is 4.83. The van der Waals surface area contributed by atoms with Gasteiger partial charge in [-0.2, -0.15) is 0 Å². The van der Waals surface area contributed by atoms with Crippen LogP contribution in [0.15, 0.2) is 48.5 Å². The maximum absolute atomic E-state index is 13.2. The molecule has 1 N–H and O–H groups in total. The number of rotatable bonds is 11. The average molecular weight is 471 g/mol. The number of nitrogens with zero attached hydrogens (tertiary/aromatic N) is 1. The van der Waals surface area contributed by atoms with Crippen LogP contribution in [0.5, 0.6) is 11.5 Å². The Bertz CT molecular complexity index is 896. The Kier molecular flexibility index (Phi) is 9.48. The van der Waals surface area contributed by atoms with Gasteiger partial charge >= 0.3 is 0 Å². The first-order valence-corrected chi connectivity index (χ1v) is 12.6. The van der Waals surface area contributed by atoms with Crippen molar-refractivity contribution >= 4 is 23.6 Å². The molecule has 0 spiro atoms. The molecule has 1 saturated carbocycles. The van der Waals surface area contributed by atoms with Gasteiger partial charge in [-0.25, -0.2) is 0 Å². The maximum Gasteiger partial charge on any atom is 0.242 e. The van der Waals surface area contributed by atoms with E-state index >= 15 is 0 Å². The molecule has 1 aliphatic carbocycles. The molecule has 0 heterocycles. The van der Waals surface area contributed by atoms with E-state index in [2.05, 4.69) is 5.32 Å². The summed E-state index contributed by atoms with van der Waals surface area (Å²) in [7, 11) is 3.27. The van der Waals surface area contributed by atoms with Crippen molar-refractivity contribution in [1.82, 2.24) is 10.2 Å². The third-order valence-electron chi connectivity index (χ3n) is 6.03. The van der Waals surface area contributed by atoms with Crippen LogP contribution in [0.3, 0.4) is 0 Å². The van der Waals surface area contributed by atoms with Gasteiger partial charge in [0.1, 0.15) is 17.5 Å². The van der Waals surface area contributed by atoms with Gasteiger partial charge in [0.05, 0.1) is 20.0 Å². The summed E-state index contributed by atoms with van der Waals surface area (Å²) in [4.78, 5) is 27.9. The molecule has 1 atom stereocenters. The number of ether oxygens (including phenoxy) is 2. The van der Waals surface area contributed by atoms with Gasteiger partial charge in [-0.15, -0.1) is 11.8 Å². The summed E-state index contributed by atoms with van der Waals surface area (Å²) in [5.41, 5.74) is 2.09. The second-order valence-electron chi connectivity index (χ2n) is 8.38. The molecule has 1 fully saturated rings. The van der Waals surface area contributed by atoms with Crippen molar-refractivity contribution in [3.63, 3.8) is 0 Å². The van der Waals surface area contributed by atoms with Gasteiger partial charge in [0, 0.05) is 18.3 Å². The minimum atomic E-state index is -0.540. The number of benzene rings is 2. The molecular formula is C26H34N2O4S. The molecule has 2 aromatic carbocycles.